The van der Waals surface area contributed by atoms with Crippen LogP contribution in [0.4, 0.5) is 11.4 Å². The average Bonchev–Trinajstić information content (AvgIpc) is 2.12. The lowest BCUT2D eigenvalue weighted by atomic mass is 10.2. The van der Waals surface area contributed by atoms with Crippen LogP contribution in [0, 0.1) is 6.92 Å². The molecule has 2 nitrogen and oxygen atoms in total. The van der Waals surface area contributed by atoms with Crippen LogP contribution in [0.25, 0.3) is 0 Å². The van der Waals surface area contributed by atoms with Crippen LogP contribution in [-0.4, -0.2) is 6.54 Å². The summed E-state index contributed by atoms with van der Waals surface area (Å²) < 4.78 is 0. The molecule has 1 rings (SSSR count). The van der Waals surface area contributed by atoms with Crippen LogP contribution < -0.4 is 11.1 Å². The van der Waals surface area contributed by atoms with Gasteiger partial charge in [0.15, 0.2) is 0 Å². The van der Waals surface area contributed by atoms with Crippen LogP contribution in [0.3, 0.4) is 0 Å². The molecule has 0 unspecified atom stereocenters. The van der Waals surface area contributed by atoms with Crippen molar-refractivity contribution in [2.24, 2.45) is 0 Å². The van der Waals surface area contributed by atoms with Gasteiger partial charge >= 0.3 is 0 Å². The Labute approximate surface area is 85.8 Å². The van der Waals surface area contributed by atoms with Gasteiger partial charge in [0, 0.05) is 17.9 Å². The highest BCUT2D eigenvalue weighted by atomic mass is 14.9. The topological polar surface area (TPSA) is 38.0 Å². The van der Waals surface area contributed by atoms with Gasteiger partial charge < -0.3 is 11.1 Å². The van der Waals surface area contributed by atoms with Gasteiger partial charge in [-0.05, 0) is 37.1 Å². The molecule has 0 amide bonds. The van der Waals surface area contributed by atoms with E-state index in [0.717, 1.165) is 24.3 Å². The Bertz CT molecular complexity index is 309. The number of rotatable bonds is 4. The number of anilines is 2. The summed E-state index contributed by atoms with van der Waals surface area (Å²) in [4.78, 5) is 0. The number of hydrogen-bond acceptors (Lipinski definition) is 2. The lowest BCUT2D eigenvalue weighted by Gasteiger charge is -2.09. The van der Waals surface area contributed by atoms with Crippen molar-refractivity contribution < 1.29 is 0 Å². The number of nitrogens with two attached hydrogens (primary N) is 1. The van der Waals surface area contributed by atoms with Crippen molar-refractivity contribution in [3.05, 3.63) is 35.9 Å². The van der Waals surface area contributed by atoms with Crippen molar-refractivity contribution >= 4 is 11.4 Å². The molecule has 0 fully saturated rings. The largest absolute Gasteiger partial charge is 0.399 e. The molecule has 0 bridgehead atoms. The van der Waals surface area contributed by atoms with E-state index in [1.807, 2.05) is 19.1 Å². The zero-order valence-corrected chi connectivity index (χ0v) is 8.93. The van der Waals surface area contributed by atoms with Crippen molar-refractivity contribution in [2.45, 2.75) is 20.3 Å². The summed E-state index contributed by atoms with van der Waals surface area (Å²) in [5.41, 5.74) is 9.98. The lowest BCUT2D eigenvalue weighted by molar-refractivity contribution is 1.05. The predicted molar refractivity (Wildman–Crippen MR) is 63.5 cm³/mol. The third-order valence-corrected chi connectivity index (χ3v) is 2.14. The van der Waals surface area contributed by atoms with Crippen LogP contribution >= 0.6 is 0 Å². The summed E-state index contributed by atoms with van der Waals surface area (Å²) in [6, 6.07) is 5.98. The number of aryl methyl sites for hydroxylation is 1. The summed E-state index contributed by atoms with van der Waals surface area (Å²) >= 11 is 0. The second kappa shape index (κ2) is 4.70. The molecular formula is C12H18N2. The third-order valence-electron chi connectivity index (χ3n) is 2.14. The summed E-state index contributed by atoms with van der Waals surface area (Å²) in [7, 11) is 0. The molecule has 2 heteroatoms. The quantitative estimate of drug-likeness (QED) is 0.566. The van der Waals surface area contributed by atoms with E-state index in [4.69, 9.17) is 5.73 Å². The zero-order valence-electron chi connectivity index (χ0n) is 8.93. The van der Waals surface area contributed by atoms with E-state index in [9.17, 15) is 0 Å². The summed E-state index contributed by atoms with van der Waals surface area (Å²) in [5, 5.41) is 3.30. The molecule has 0 heterocycles. The fraction of sp³-hybridized carbons (Fsp3) is 0.333. The molecule has 0 aromatic heterocycles. The fourth-order valence-corrected chi connectivity index (χ4v) is 1.27. The molecule has 0 aliphatic heterocycles. The first-order valence-corrected chi connectivity index (χ1v) is 4.89. The highest BCUT2D eigenvalue weighted by Gasteiger charge is 1.96. The van der Waals surface area contributed by atoms with Gasteiger partial charge in [-0.3, -0.25) is 0 Å². The minimum Gasteiger partial charge on any atom is -0.399 e. The molecule has 1 aromatic carbocycles. The molecule has 0 saturated carbocycles. The SMILES string of the molecule is C=C(CC)CNc1cc(C)cc(N)c1. The van der Waals surface area contributed by atoms with Gasteiger partial charge in [-0.15, -0.1) is 0 Å². The second-order valence-electron chi connectivity index (χ2n) is 3.59. The van der Waals surface area contributed by atoms with E-state index in [2.05, 4.69) is 24.9 Å². The van der Waals surface area contributed by atoms with Crippen LogP contribution in [0.5, 0.6) is 0 Å². The lowest BCUT2D eigenvalue weighted by Crippen LogP contribution is -2.04. The Kier molecular flexibility index (Phi) is 3.57. The van der Waals surface area contributed by atoms with E-state index < -0.39 is 0 Å². The Morgan fingerprint density at radius 1 is 1.43 bits per heavy atom. The number of hydrogen-bond donors (Lipinski definition) is 2. The average molecular weight is 190 g/mol. The number of nitrogen functional groups attached to an aromatic ring is 1. The fourth-order valence-electron chi connectivity index (χ4n) is 1.27. The second-order valence-corrected chi connectivity index (χ2v) is 3.59. The molecule has 1 aromatic rings. The van der Waals surface area contributed by atoms with Crippen molar-refractivity contribution in [1.29, 1.82) is 0 Å². The van der Waals surface area contributed by atoms with Crippen LogP contribution in [0.2, 0.25) is 0 Å². The summed E-state index contributed by atoms with van der Waals surface area (Å²) in [6.45, 7) is 8.90. The van der Waals surface area contributed by atoms with Gasteiger partial charge in [0.2, 0.25) is 0 Å². The van der Waals surface area contributed by atoms with E-state index in [1.165, 1.54) is 11.1 Å². The van der Waals surface area contributed by atoms with E-state index in [-0.39, 0.29) is 0 Å². The van der Waals surface area contributed by atoms with Crippen molar-refractivity contribution in [1.82, 2.24) is 0 Å². The monoisotopic (exact) mass is 190 g/mol. The first kappa shape index (κ1) is 10.6. The van der Waals surface area contributed by atoms with Gasteiger partial charge in [-0.25, -0.2) is 0 Å². The smallest absolute Gasteiger partial charge is 0.0366 e. The van der Waals surface area contributed by atoms with E-state index in [0.29, 0.717) is 0 Å². The maximum atomic E-state index is 5.74. The molecule has 0 radical (unpaired) electrons. The van der Waals surface area contributed by atoms with E-state index >= 15 is 0 Å². The molecule has 76 valence electrons. The van der Waals surface area contributed by atoms with Gasteiger partial charge in [-0.2, -0.15) is 0 Å². The first-order chi connectivity index (χ1) is 6.61. The Morgan fingerprint density at radius 3 is 2.71 bits per heavy atom. The summed E-state index contributed by atoms with van der Waals surface area (Å²) in [6.07, 6.45) is 1.01. The van der Waals surface area contributed by atoms with Gasteiger partial charge in [0.05, 0.1) is 0 Å². The minimum absolute atomic E-state index is 0.801. The standard InChI is InChI=1S/C12H18N2/c1-4-9(2)8-14-12-6-10(3)5-11(13)7-12/h5-7,14H,2,4,8,13H2,1,3H3. The molecule has 0 saturated heterocycles. The molecule has 14 heavy (non-hydrogen) atoms. The maximum Gasteiger partial charge on any atom is 0.0366 e. The van der Waals surface area contributed by atoms with Crippen molar-refractivity contribution in [3.63, 3.8) is 0 Å². The highest BCUT2D eigenvalue weighted by Crippen LogP contribution is 2.16. The number of benzene rings is 1. The van der Waals surface area contributed by atoms with Crippen LogP contribution in [0.1, 0.15) is 18.9 Å². The third kappa shape index (κ3) is 3.13. The van der Waals surface area contributed by atoms with Gasteiger partial charge in [0.25, 0.3) is 0 Å². The molecule has 3 N–H and O–H groups in total. The minimum atomic E-state index is 0.801. The first-order valence-electron chi connectivity index (χ1n) is 4.89. The normalized spacial score (nSPS) is 9.86. The van der Waals surface area contributed by atoms with Crippen molar-refractivity contribution in [3.8, 4) is 0 Å². The Hall–Kier alpha value is -1.44. The van der Waals surface area contributed by atoms with E-state index in [1.54, 1.807) is 0 Å². The van der Waals surface area contributed by atoms with Crippen LogP contribution in [0.15, 0.2) is 30.4 Å². The predicted octanol–water partition coefficient (Wildman–Crippen LogP) is 2.96. The molecular weight excluding hydrogens is 172 g/mol. The summed E-state index contributed by atoms with van der Waals surface area (Å²) in [5.74, 6) is 0. The number of nitrogens with one attached hydrogen (secondary N) is 1. The van der Waals surface area contributed by atoms with Crippen LogP contribution in [-0.2, 0) is 0 Å². The van der Waals surface area contributed by atoms with Gasteiger partial charge in [0.1, 0.15) is 0 Å². The highest BCUT2D eigenvalue weighted by molar-refractivity contribution is 5.57. The maximum absolute atomic E-state index is 5.74. The zero-order chi connectivity index (χ0) is 10.6. The molecule has 0 aliphatic rings. The van der Waals surface area contributed by atoms with Gasteiger partial charge in [-0.1, -0.05) is 19.1 Å². The molecule has 0 spiro atoms. The van der Waals surface area contributed by atoms with Crippen molar-refractivity contribution in [2.75, 3.05) is 17.6 Å². The Morgan fingerprint density at radius 2 is 2.14 bits per heavy atom. The Balaban J connectivity index is 2.63. The molecule has 0 atom stereocenters. The molecule has 0 aliphatic carbocycles.